The summed E-state index contributed by atoms with van der Waals surface area (Å²) in [7, 11) is -1.27. The number of sulfonamides is 1. The summed E-state index contributed by atoms with van der Waals surface area (Å²) >= 11 is 3.24. The van der Waals surface area contributed by atoms with Gasteiger partial charge < -0.3 is 19.9 Å². The molecule has 3 N–H and O–H groups in total. The summed E-state index contributed by atoms with van der Waals surface area (Å²) in [6, 6.07) is 11.2. The molecule has 0 saturated carbocycles. The maximum atomic E-state index is 12.7. The summed E-state index contributed by atoms with van der Waals surface area (Å²) in [5, 5.41) is 12.4. The number of anilines is 2. The van der Waals surface area contributed by atoms with Crippen LogP contribution in [0.4, 0.5) is 11.5 Å². The van der Waals surface area contributed by atoms with E-state index in [1.54, 1.807) is 6.07 Å². The fraction of sp³-hybridized carbons (Fsp3) is 0.105. The molecule has 0 radical (unpaired) electrons. The predicted octanol–water partition coefficient (Wildman–Crippen LogP) is 3.02. The van der Waals surface area contributed by atoms with Crippen molar-refractivity contribution >= 4 is 43.4 Å². The van der Waals surface area contributed by atoms with Crippen LogP contribution in [0.5, 0.6) is 17.6 Å². The molecule has 1 aromatic heterocycles. The molecule has 0 fully saturated rings. The summed E-state index contributed by atoms with van der Waals surface area (Å²) < 4.78 is 38.2. The number of amides is 1. The van der Waals surface area contributed by atoms with Gasteiger partial charge in [0.05, 0.1) is 24.7 Å². The van der Waals surface area contributed by atoms with Gasteiger partial charge >= 0.3 is 6.01 Å². The number of carbonyl (C=O) groups is 1. The Morgan fingerprint density at radius 2 is 1.74 bits per heavy atom. The van der Waals surface area contributed by atoms with Crippen LogP contribution in [0, 0.1) is 0 Å². The Labute approximate surface area is 186 Å². The summed E-state index contributed by atoms with van der Waals surface area (Å²) in [5.74, 6) is -0.642. The third-order valence-corrected chi connectivity index (χ3v) is 5.80. The fourth-order valence-electron chi connectivity index (χ4n) is 2.45. The van der Waals surface area contributed by atoms with E-state index in [1.165, 1.54) is 56.7 Å². The number of halogens is 1. The SMILES string of the molecule is COc1cc(NS(=O)(=O)c2ccc(NC(=O)c3cc(Br)ccc3O)cc2)nc(OC)n1. The second-order valence-electron chi connectivity index (χ2n) is 6.03. The molecule has 0 bridgehead atoms. The molecule has 0 unspecified atom stereocenters. The van der Waals surface area contributed by atoms with Crippen molar-refractivity contribution in [3.05, 3.63) is 58.6 Å². The van der Waals surface area contributed by atoms with E-state index in [4.69, 9.17) is 9.47 Å². The van der Waals surface area contributed by atoms with Gasteiger partial charge in [-0.2, -0.15) is 9.97 Å². The molecule has 1 heterocycles. The Hall–Kier alpha value is -3.38. The number of methoxy groups -OCH3 is 2. The fourth-order valence-corrected chi connectivity index (χ4v) is 3.81. The number of hydrogen-bond acceptors (Lipinski definition) is 8. The minimum atomic E-state index is -3.98. The summed E-state index contributed by atoms with van der Waals surface area (Å²) in [6.45, 7) is 0. The van der Waals surface area contributed by atoms with Crippen molar-refractivity contribution < 1.29 is 27.8 Å². The number of hydrogen-bond donors (Lipinski definition) is 3. The van der Waals surface area contributed by atoms with Gasteiger partial charge in [-0.05, 0) is 42.5 Å². The zero-order chi connectivity index (χ0) is 22.6. The molecule has 0 aliphatic carbocycles. The van der Waals surface area contributed by atoms with Crippen molar-refractivity contribution in [2.24, 2.45) is 0 Å². The average molecular weight is 509 g/mol. The molecule has 162 valence electrons. The highest BCUT2D eigenvalue weighted by Gasteiger charge is 2.18. The molecule has 0 spiro atoms. The number of ether oxygens (including phenoxy) is 2. The number of benzene rings is 2. The molecule has 10 nitrogen and oxygen atoms in total. The predicted molar refractivity (Wildman–Crippen MR) is 116 cm³/mol. The summed E-state index contributed by atoms with van der Waals surface area (Å²) in [4.78, 5) is 20.1. The van der Waals surface area contributed by atoms with E-state index in [0.717, 1.165) is 0 Å². The van der Waals surface area contributed by atoms with Gasteiger partial charge in [0.2, 0.25) is 5.88 Å². The third kappa shape index (κ3) is 5.41. The molecule has 3 aromatic rings. The lowest BCUT2D eigenvalue weighted by Crippen LogP contribution is -2.15. The summed E-state index contributed by atoms with van der Waals surface area (Å²) in [6.07, 6.45) is 0. The van der Waals surface area contributed by atoms with Crippen LogP contribution < -0.4 is 19.5 Å². The molecule has 3 rings (SSSR count). The van der Waals surface area contributed by atoms with Crippen LogP contribution in [0.15, 0.2) is 57.9 Å². The van der Waals surface area contributed by atoms with Crippen LogP contribution in [-0.4, -0.2) is 43.6 Å². The van der Waals surface area contributed by atoms with Crippen LogP contribution in [0.25, 0.3) is 0 Å². The summed E-state index contributed by atoms with van der Waals surface area (Å²) in [5.41, 5.74) is 0.410. The van der Waals surface area contributed by atoms with Crippen molar-refractivity contribution in [1.82, 2.24) is 9.97 Å². The molecular weight excluding hydrogens is 492 g/mol. The van der Waals surface area contributed by atoms with Crippen molar-refractivity contribution in [3.8, 4) is 17.6 Å². The lowest BCUT2D eigenvalue weighted by molar-refractivity contribution is 0.102. The number of nitrogens with one attached hydrogen (secondary N) is 2. The van der Waals surface area contributed by atoms with Crippen molar-refractivity contribution in [2.75, 3.05) is 24.3 Å². The zero-order valence-electron chi connectivity index (χ0n) is 16.3. The molecule has 12 heteroatoms. The lowest BCUT2D eigenvalue weighted by atomic mass is 10.2. The van der Waals surface area contributed by atoms with Crippen LogP contribution >= 0.6 is 15.9 Å². The minimum Gasteiger partial charge on any atom is -0.507 e. The van der Waals surface area contributed by atoms with Gasteiger partial charge in [0.15, 0.2) is 5.82 Å². The zero-order valence-corrected chi connectivity index (χ0v) is 18.7. The highest BCUT2D eigenvalue weighted by atomic mass is 79.9. The second kappa shape index (κ2) is 9.18. The molecule has 31 heavy (non-hydrogen) atoms. The first kappa shape index (κ1) is 22.3. The first-order valence-corrected chi connectivity index (χ1v) is 10.9. The van der Waals surface area contributed by atoms with Crippen LogP contribution in [-0.2, 0) is 10.0 Å². The standard InChI is InChI=1S/C19H17BrN4O6S/c1-29-17-10-16(22-19(23-17)30-2)24-31(27,28)13-6-4-12(5-7-13)21-18(26)14-9-11(20)3-8-15(14)25/h3-10,25H,1-2H3,(H,21,26)(H,22,23,24). The van der Waals surface area contributed by atoms with Gasteiger partial charge in [0, 0.05) is 16.2 Å². The Kier molecular flexibility index (Phi) is 6.61. The van der Waals surface area contributed by atoms with E-state index in [2.05, 4.69) is 35.9 Å². The van der Waals surface area contributed by atoms with E-state index in [1.807, 2.05) is 0 Å². The van der Waals surface area contributed by atoms with Gasteiger partial charge in [-0.15, -0.1) is 0 Å². The van der Waals surface area contributed by atoms with Crippen molar-refractivity contribution in [2.45, 2.75) is 4.90 Å². The number of aromatic nitrogens is 2. The van der Waals surface area contributed by atoms with Gasteiger partial charge in [-0.1, -0.05) is 15.9 Å². The highest BCUT2D eigenvalue weighted by molar-refractivity contribution is 9.10. The largest absolute Gasteiger partial charge is 0.507 e. The molecule has 1 amide bonds. The Morgan fingerprint density at radius 1 is 1.03 bits per heavy atom. The number of carbonyl (C=O) groups excluding carboxylic acids is 1. The Balaban J connectivity index is 1.77. The quantitative estimate of drug-likeness (QED) is 0.442. The Morgan fingerprint density at radius 3 is 2.39 bits per heavy atom. The second-order valence-corrected chi connectivity index (χ2v) is 8.63. The number of phenols is 1. The van der Waals surface area contributed by atoms with Crippen molar-refractivity contribution in [1.29, 1.82) is 0 Å². The van der Waals surface area contributed by atoms with E-state index >= 15 is 0 Å². The molecular formula is C19H17BrN4O6S. The normalized spacial score (nSPS) is 10.9. The third-order valence-electron chi connectivity index (χ3n) is 3.94. The van der Waals surface area contributed by atoms with Crippen LogP contribution in [0.1, 0.15) is 10.4 Å². The van der Waals surface area contributed by atoms with E-state index < -0.39 is 15.9 Å². The van der Waals surface area contributed by atoms with Crippen molar-refractivity contribution in [3.63, 3.8) is 0 Å². The number of phenolic OH excluding ortho intramolecular Hbond substituents is 1. The molecule has 0 aliphatic heterocycles. The molecule has 0 saturated heterocycles. The number of nitrogens with zero attached hydrogens (tertiary/aromatic N) is 2. The topological polar surface area (TPSA) is 140 Å². The maximum absolute atomic E-state index is 12.7. The van der Waals surface area contributed by atoms with Gasteiger partial charge in [-0.25, -0.2) is 8.42 Å². The Bertz CT molecular complexity index is 1200. The van der Waals surface area contributed by atoms with Crippen LogP contribution in [0.2, 0.25) is 0 Å². The first-order valence-electron chi connectivity index (χ1n) is 8.61. The first-order chi connectivity index (χ1) is 14.7. The smallest absolute Gasteiger partial charge is 0.321 e. The maximum Gasteiger partial charge on any atom is 0.321 e. The van der Waals surface area contributed by atoms with E-state index in [-0.39, 0.29) is 33.9 Å². The average Bonchev–Trinajstić information content (AvgIpc) is 2.75. The van der Waals surface area contributed by atoms with Gasteiger partial charge in [0.25, 0.3) is 15.9 Å². The molecule has 2 aromatic carbocycles. The monoisotopic (exact) mass is 508 g/mol. The van der Waals surface area contributed by atoms with Crippen LogP contribution in [0.3, 0.4) is 0 Å². The molecule has 0 aliphatic rings. The highest BCUT2D eigenvalue weighted by Crippen LogP contribution is 2.24. The minimum absolute atomic E-state index is 0.0359. The lowest BCUT2D eigenvalue weighted by Gasteiger charge is -2.11. The van der Waals surface area contributed by atoms with E-state index in [0.29, 0.717) is 10.2 Å². The van der Waals surface area contributed by atoms with Gasteiger partial charge in [-0.3, -0.25) is 9.52 Å². The number of rotatable bonds is 7. The van der Waals surface area contributed by atoms with E-state index in [9.17, 15) is 18.3 Å². The molecule has 0 atom stereocenters. The van der Waals surface area contributed by atoms with Gasteiger partial charge in [0.1, 0.15) is 5.75 Å². The number of aromatic hydroxyl groups is 1.